The van der Waals surface area contributed by atoms with Crippen LogP contribution in [0.25, 0.3) is 0 Å². The number of halogens is 3. The summed E-state index contributed by atoms with van der Waals surface area (Å²) >= 11 is 0. The number of piperazine rings is 1. The standard InChI is InChI=1S/C11H14F3N3O2S/c12-11(13,14)8-1-2-10(20(15,18)19)9(7-8)17-5-3-16-4-6-17/h1-2,7,16H,3-6H2,(H2,15,18,19). The Bertz CT molecular complexity index is 595. The van der Waals surface area contributed by atoms with Gasteiger partial charge in [0.2, 0.25) is 10.0 Å². The molecule has 1 fully saturated rings. The van der Waals surface area contributed by atoms with E-state index in [0.717, 1.165) is 18.2 Å². The quantitative estimate of drug-likeness (QED) is 0.846. The fraction of sp³-hybridized carbons (Fsp3) is 0.455. The minimum absolute atomic E-state index is 0.00354. The number of benzene rings is 1. The van der Waals surface area contributed by atoms with E-state index in [0.29, 0.717) is 26.2 Å². The van der Waals surface area contributed by atoms with Crippen LogP contribution in [0.15, 0.2) is 23.1 Å². The molecule has 1 saturated heterocycles. The molecule has 1 aliphatic heterocycles. The van der Waals surface area contributed by atoms with Gasteiger partial charge in [0.1, 0.15) is 4.90 Å². The van der Waals surface area contributed by atoms with Crippen molar-refractivity contribution >= 4 is 15.7 Å². The Labute approximate surface area is 114 Å². The second kappa shape index (κ2) is 5.23. The molecule has 0 aromatic heterocycles. The summed E-state index contributed by atoms with van der Waals surface area (Å²) in [5.41, 5.74) is -0.887. The molecule has 1 aromatic rings. The van der Waals surface area contributed by atoms with Gasteiger partial charge in [-0.2, -0.15) is 13.2 Å². The SMILES string of the molecule is NS(=O)(=O)c1ccc(C(F)(F)F)cc1N1CCNCC1. The summed E-state index contributed by atoms with van der Waals surface area (Å²) in [6.07, 6.45) is -4.53. The summed E-state index contributed by atoms with van der Waals surface area (Å²) in [4.78, 5) is 1.30. The monoisotopic (exact) mass is 309 g/mol. The minimum atomic E-state index is -4.53. The van der Waals surface area contributed by atoms with Crippen LogP contribution in [0, 0.1) is 0 Å². The summed E-state index contributed by atoms with van der Waals surface area (Å²) in [5.74, 6) is 0. The summed E-state index contributed by atoms with van der Waals surface area (Å²) in [7, 11) is -4.07. The molecule has 1 aliphatic rings. The Hall–Kier alpha value is -1.32. The lowest BCUT2D eigenvalue weighted by atomic mass is 10.1. The number of anilines is 1. The molecule has 0 saturated carbocycles. The smallest absolute Gasteiger partial charge is 0.368 e. The third kappa shape index (κ3) is 3.22. The molecule has 0 aliphatic carbocycles. The maximum atomic E-state index is 12.8. The fourth-order valence-electron chi connectivity index (χ4n) is 2.09. The Morgan fingerprint density at radius 3 is 2.30 bits per heavy atom. The first-order valence-electron chi connectivity index (χ1n) is 5.89. The Balaban J connectivity index is 2.53. The number of primary sulfonamides is 1. The lowest BCUT2D eigenvalue weighted by molar-refractivity contribution is -0.137. The minimum Gasteiger partial charge on any atom is -0.368 e. The zero-order valence-corrected chi connectivity index (χ0v) is 11.3. The number of hydrogen-bond donors (Lipinski definition) is 2. The molecular formula is C11H14F3N3O2S. The van der Waals surface area contributed by atoms with Crippen molar-refractivity contribution in [2.45, 2.75) is 11.1 Å². The van der Waals surface area contributed by atoms with Crippen molar-refractivity contribution in [2.75, 3.05) is 31.1 Å². The molecule has 9 heteroatoms. The van der Waals surface area contributed by atoms with Gasteiger partial charge < -0.3 is 10.2 Å². The molecule has 0 radical (unpaired) electrons. The van der Waals surface area contributed by atoms with Gasteiger partial charge >= 0.3 is 6.18 Å². The Morgan fingerprint density at radius 1 is 1.20 bits per heavy atom. The van der Waals surface area contributed by atoms with Gasteiger partial charge in [-0.1, -0.05) is 0 Å². The average Bonchev–Trinajstić information content (AvgIpc) is 2.37. The van der Waals surface area contributed by atoms with Crippen molar-refractivity contribution < 1.29 is 21.6 Å². The lowest BCUT2D eigenvalue weighted by Crippen LogP contribution is -2.44. The largest absolute Gasteiger partial charge is 0.416 e. The number of alkyl halides is 3. The summed E-state index contributed by atoms with van der Waals surface area (Å²) in [6.45, 7) is 1.98. The molecular weight excluding hydrogens is 295 g/mol. The van der Waals surface area contributed by atoms with Gasteiger partial charge in [0, 0.05) is 26.2 Å². The van der Waals surface area contributed by atoms with Gasteiger partial charge in [-0.25, -0.2) is 13.6 Å². The van der Waals surface area contributed by atoms with Crippen molar-refractivity contribution in [2.24, 2.45) is 5.14 Å². The second-order valence-electron chi connectivity index (χ2n) is 4.46. The average molecular weight is 309 g/mol. The van der Waals surface area contributed by atoms with E-state index in [2.05, 4.69) is 5.32 Å². The molecule has 20 heavy (non-hydrogen) atoms. The first-order chi connectivity index (χ1) is 9.19. The molecule has 2 rings (SSSR count). The molecule has 3 N–H and O–H groups in total. The van der Waals surface area contributed by atoms with Crippen LogP contribution in [0.5, 0.6) is 0 Å². The van der Waals surface area contributed by atoms with Crippen LogP contribution in [0.2, 0.25) is 0 Å². The highest BCUT2D eigenvalue weighted by Crippen LogP contribution is 2.34. The number of nitrogens with one attached hydrogen (secondary N) is 1. The molecule has 112 valence electrons. The second-order valence-corrected chi connectivity index (χ2v) is 5.99. The van der Waals surface area contributed by atoms with Gasteiger partial charge in [-0.3, -0.25) is 0 Å². The highest BCUT2D eigenvalue weighted by molar-refractivity contribution is 7.89. The molecule has 1 heterocycles. The maximum absolute atomic E-state index is 12.8. The summed E-state index contributed by atoms with van der Waals surface area (Å²) in [6, 6.07) is 2.48. The first kappa shape index (κ1) is 15.1. The molecule has 1 aromatic carbocycles. The highest BCUT2D eigenvalue weighted by Gasteiger charge is 2.33. The third-order valence-corrected chi connectivity index (χ3v) is 4.01. The Morgan fingerprint density at radius 2 is 1.80 bits per heavy atom. The predicted molar refractivity (Wildman–Crippen MR) is 67.9 cm³/mol. The number of sulfonamides is 1. The molecule has 0 bridgehead atoms. The molecule has 5 nitrogen and oxygen atoms in total. The van der Waals surface area contributed by atoms with E-state index in [1.807, 2.05) is 0 Å². The maximum Gasteiger partial charge on any atom is 0.416 e. The molecule has 0 atom stereocenters. The van der Waals surface area contributed by atoms with Crippen molar-refractivity contribution in [3.8, 4) is 0 Å². The number of nitrogens with two attached hydrogens (primary N) is 1. The summed E-state index contributed by atoms with van der Waals surface area (Å²) < 4.78 is 61.3. The van der Waals surface area contributed by atoms with E-state index in [1.165, 1.54) is 0 Å². The van der Waals surface area contributed by atoms with Crippen molar-refractivity contribution in [3.05, 3.63) is 23.8 Å². The zero-order chi connectivity index (χ0) is 15.0. The van der Waals surface area contributed by atoms with Crippen LogP contribution in [-0.4, -0.2) is 34.6 Å². The Kier molecular flexibility index (Phi) is 3.94. The highest BCUT2D eigenvalue weighted by atomic mass is 32.2. The molecule has 0 spiro atoms. The van der Waals surface area contributed by atoms with Crippen LogP contribution >= 0.6 is 0 Å². The van der Waals surface area contributed by atoms with E-state index in [1.54, 1.807) is 4.90 Å². The van der Waals surface area contributed by atoms with Crippen LogP contribution in [0.1, 0.15) is 5.56 Å². The van der Waals surface area contributed by atoms with E-state index < -0.39 is 21.8 Å². The van der Waals surface area contributed by atoms with E-state index >= 15 is 0 Å². The predicted octanol–water partition coefficient (Wildman–Crippen LogP) is 0.762. The zero-order valence-electron chi connectivity index (χ0n) is 10.4. The molecule has 0 amide bonds. The lowest BCUT2D eigenvalue weighted by Gasteiger charge is -2.31. The van der Waals surface area contributed by atoms with Crippen molar-refractivity contribution in [3.63, 3.8) is 0 Å². The third-order valence-electron chi connectivity index (χ3n) is 3.05. The van der Waals surface area contributed by atoms with Crippen LogP contribution < -0.4 is 15.4 Å². The van der Waals surface area contributed by atoms with Gasteiger partial charge in [-0.15, -0.1) is 0 Å². The van der Waals surface area contributed by atoms with E-state index in [9.17, 15) is 21.6 Å². The van der Waals surface area contributed by atoms with E-state index in [4.69, 9.17) is 5.14 Å². The van der Waals surface area contributed by atoms with Crippen molar-refractivity contribution in [1.82, 2.24) is 5.32 Å². The van der Waals surface area contributed by atoms with E-state index in [-0.39, 0.29) is 10.6 Å². The van der Waals surface area contributed by atoms with Crippen molar-refractivity contribution in [1.29, 1.82) is 0 Å². The van der Waals surface area contributed by atoms with Crippen LogP contribution in [-0.2, 0) is 16.2 Å². The first-order valence-corrected chi connectivity index (χ1v) is 7.44. The van der Waals surface area contributed by atoms with Crippen LogP contribution in [0.3, 0.4) is 0 Å². The topological polar surface area (TPSA) is 75.4 Å². The van der Waals surface area contributed by atoms with Gasteiger partial charge in [0.05, 0.1) is 11.3 Å². The van der Waals surface area contributed by atoms with Gasteiger partial charge in [0.15, 0.2) is 0 Å². The van der Waals surface area contributed by atoms with Crippen LogP contribution in [0.4, 0.5) is 18.9 Å². The fourth-order valence-corrected chi connectivity index (χ4v) is 2.82. The van der Waals surface area contributed by atoms with Gasteiger partial charge in [-0.05, 0) is 18.2 Å². The number of hydrogen-bond acceptors (Lipinski definition) is 4. The molecule has 0 unspecified atom stereocenters. The normalized spacial score (nSPS) is 17.3. The number of nitrogens with zero attached hydrogens (tertiary/aromatic N) is 1. The number of rotatable bonds is 2. The van der Waals surface area contributed by atoms with Gasteiger partial charge in [0.25, 0.3) is 0 Å². The summed E-state index contributed by atoms with van der Waals surface area (Å²) in [5, 5.41) is 8.12.